The lowest BCUT2D eigenvalue weighted by Gasteiger charge is -2.33. The number of hydrogen-bond acceptors (Lipinski definition) is 4. The average Bonchev–Trinajstić information content (AvgIpc) is 3.88. The van der Waals surface area contributed by atoms with E-state index in [2.05, 4.69) is 260 Å². The van der Waals surface area contributed by atoms with Crippen molar-refractivity contribution in [2.24, 2.45) is 0 Å². The minimum Gasteiger partial charge on any atom is -0.457 e. The lowest BCUT2D eigenvalue weighted by atomic mass is 9.73. The van der Waals surface area contributed by atoms with Crippen LogP contribution >= 0.6 is 0 Å². The number of anilines is 4. The zero-order chi connectivity index (χ0) is 46.9. The third-order valence-corrected chi connectivity index (χ3v) is 14.2. The van der Waals surface area contributed by atoms with E-state index in [4.69, 9.17) is 9.72 Å². The molecule has 0 radical (unpaired) electrons. The Kier molecular flexibility index (Phi) is 10.7. The van der Waals surface area contributed by atoms with Gasteiger partial charge < -0.3 is 14.5 Å². The normalized spacial score (nSPS) is 13.4. The van der Waals surface area contributed by atoms with Gasteiger partial charge in [-0.3, -0.25) is 4.57 Å². The predicted molar refractivity (Wildman–Crippen MR) is 282 cm³/mol. The number of fused-ring (bicyclic) bond motifs is 4. The quantitative estimate of drug-likeness (QED) is 0.145. The first-order valence-electron chi connectivity index (χ1n) is 23.7. The van der Waals surface area contributed by atoms with Crippen LogP contribution < -0.4 is 14.5 Å². The number of nitrogens with zero attached hydrogens (tertiary/aromatic N) is 4. The first kappa shape index (κ1) is 43.8. The van der Waals surface area contributed by atoms with E-state index in [0.717, 1.165) is 39.7 Å². The zero-order valence-electron chi connectivity index (χ0n) is 40.7. The maximum absolute atomic E-state index is 7.00. The van der Waals surface area contributed by atoms with Crippen LogP contribution in [0.15, 0.2) is 182 Å². The fourth-order valence-electron chi connectivity index (χ4n) is 10.0. The van der Waals surface area contributed by atoms with Gasteiger partial charge in [0.1, 0.15) is 24.0 Å². The molecule has 0 amide bonds. The summed E-state index contributed by atoms with van der Waals surface area (Å²) in [5.74, 6) is 2.47. The van der Waals surface area contributed by atoms with Crippen molar-refractivity contribution in [1.29, 1.82) is 0 Å². The van der Waals surface area contributed by atoms with Crippen LogP contribution in [0.3, 0.4) is 0 Å². The second-order valence-electron chi connectivity index (χ2n) is 21.5. The highest BCUT2D eigenvalue weighted by Gasteiger charge is 2.33. The summed E-state index contributed by atoms with van der Waals surface area (Å²) in [6.07, 6.45) is 1.94. The third kappa shape index (κ3) is 7.94. The van der Waals surface area contributed by atoms with Crippen molar-refractivity contribution < 1.29 is 4.74 Å². The van der Waals surface area contributed by atoms with Gasteiger partial charge in [0.25, 0.3) is 0 Å². The lowest BCUT2D eigenvalue weighted by Crippen LogP contribution is -2.27. The van der Waals surface area contributed by atoms with Gasteiger partial charge in [-0.1, -0.05) is 172 Å². The molecule has 10 rings (SSSR count). The van der Waals surface area contributed by atoms with Crippen LogP contribution in [0.2, 0.25) is 0 Å². The fraction of sp³-hybridized carbons (Fsp3) is 0.242. The highest BCUT2D eigenvalue weighted by Crippen LogP contribution is 2.48. The van der Waals surface area contributed by atoms with Crippen LogP contribution in [0.25, 0.3) is 27.6 Å². The molecule has 0 unspecified atom stereocenters. The molecule has 2 aromatic heterocycles. The molecule has 0 spiro atoms. The predicted octanol–water partition coefficient (Wildman–Crippen LogP) is 16.5. The summed E-state index contributed by atoms with van der Waals surface area (Å²) in [5.41, 5.74) is 13.7. The molecule has 0 saturated carbocycles. The Labute approximate surface area is 397 Å². The highest BCUT2D eigenvalue weighted by atomic mass is 16.5. The van der Waals surface area contributed by atoms with Crippen molar-refractivity contribution in [1.82, 2.24) is 9.55 Å². The summed E-state index contributed by atoms with van der Waals surface area (Å²) in [6, 6.07) is 63.9. The second kappa shape index (κ2) is 16.3. The van der Waals surface area contributed by atoms with Crippen molar-refractivity contribution in [3.05, 3.63) is 216 Å². The van der Waals surface area contributed by atoms with E-state index >= 15 is 0 Å². The molecular formula is C62H62N4O. The van der Waals surface area contributed by atoms with E-state index in [0.29, 0.717) is 6.67 Å². The molecule has 1 aliphatic rings. The Hall–Kier alpha value is -7.11. The van der Waals surface area contributed by atoms with Crippen LogP contribution in [0, 0.1) is 0 Å². The Morgan fingerprint density at radius 3 is 1.63 bits per heavy atom. The molecule has 9 aromatic rings. The van der Waals surface area contributed by atoms with Crippen molar-refractivity contribution in [2.75, 3.05) is 16.5 Å². The first-order valence-corrected chi connectivity index (χ1v) is 23.7. The number of aromatic nitrogens is 2. The minimum atomic E-state index is -0.236. The van der Waals surface area contributed by atoms with E-state index < -0.39 is 0 Å². The molecule has 0 fully saturated rings. The maximum Gasteiger partial charge on any atom is 0.137 e. The van der Waals surface area contributed by atoms with Crippen molar-refractivity contribution in [3.8, 4) is 17.3 Å². The van der Waals surface area contributed by atoms with Crippen LogP contribution in [-0.2, 0) is 21.7 Å². The third-order valence-electron chi connectivity index (χ3n) is 14.2. The van der Waals surface area contributed by atoms with Crippen LogP contribution in [0.1, 0.15) is 103 Å². The van der Waals surface area contributed by atoms with Gasteiger partial charge in [-0.2, -0.15) is 0 Å². The lowest BCUT2D eigenvalue weighted by molar-refractivity contribution is 0.480. The average molecular weight is 879 g/mol. The molecular weight excluding hydrogens is 817 g/mol. The van der Waals surface area contributed by atoms with Crippen LogP contribution in [0.4, 0.5) is 22.7 Å². The smallest absolute Gasteiger partial charge is 0.137 e. The minimum absolute atomic E-state index is 0.0231. The summed E-state index contributed by atoms with van der Waals surface area (Å²) >= 11 is 0. The van der Waals surface area contributed by atoms with Gasteiger partial charge >= 0.3 is 0 Å². The van der Waals surface area contributed by atoms with E-state index in [1.54, 1.807) is 0 Å². The van der Waals surface area contributed by atoms with Gasteiger partial charge in [-0.25, -0.2) is 4.98 Å². The summed E-state index contributed by atoms with van der Waals surface area (Å²) in [7, 11) is 0. The molecule has 0 saturated heterocycles. The van der Waals surface area contributed by atoms with E-state index in [9.17, 15) is 0 Å². The molecule has 5 heteroatoms. The van der Waals surface area contributed by atoms with E-state index in [-0.39, 0.29) is 21.7 Å². The molecule has 0 bridgehead atoms. The van der Waals surface area contributed by atoms with Gasteiger partial charge in [0.2, 0.25) is 0 Å². The largest absolute Gasteiger partial charge is 0.457 e. The number of ether oxygens (including phenoxy) is 1. The van der Waals surface area contributed by atoms with Crippen LogP contribution in [0.5, 0.6) is 11.5 Å². The Morgan fingerprint density at radius 1 is 0.433 bits per heavy atom. The molecule has 3 heterocycles. The summed E-state index contributed by atoms with van der Waals surface area (Å²) in [4.78, 5) is 9.86. The highest BCUT2D eigenvalue weighted by molar-refractivity contribution is 6.11. The monoisotopic (exact) mass is 878 g/mol. The number of pyridine rings is 1. The Morgan fingerprint density at radius 2 is 1.01 bits per heavy atom. The van der Waals surface area contributed by atoms with Gasteiger partial charge in [0.05, 0.1) is 22.4 Å². The molecule has 0 aliphatic carbocycles. The number of benzene rings is 7. The van der Waals surface area contributed by atoms with Crippen LogP contribution in [-0.4, -0.2) is 16.2 Å². The van der Waals surface area contributed by atoms with Crippen molar-refractivity contribution in [3.63, 3.8) is 0 Å². The van der Waals surface area contributed by atoms with Crippen molar-refractivity contribution >= 4 is 44.6 Å². The molecule has 67 heavy (non-hydrogen) atoms. The van der Waals surface area contributed by atoms with Gasteiger partial charge in [0.15, 0.2) is 0 Å². The topological polar surface area (TPSA) is 33.5 Å². The molecule has 5 nitrogen and oxygen atoms in total. The number of hydrogen-bond donors (Lipinski definition) is 0. The Bertz CT molecular complexity index is 3210. The summed E-state index contributed by atoms with van der Waals surface area (Å²) in [5, 5.41) is 2.44. The first-order chi connectivity index (χ1) is 32.0. The summed E-state index contributed by atoms with van der Waals surface area (Å²) in [6.45, 7) is 23.7. The maximum atomic E-state index is 7.00. The summed E-state index contributed by atoms with van der Waals surface area (Å²) < 4.78 is 9.32. The molecule has 1 aliphatic heterocycles. The van der Waals surface area contributed by atoms with Gasteiger partial charge in [-0.15, -0.1) is 0 Å². The van der Waals surface area contributed by atoms with E-state index in [1.165, 1.54) is 55.5 Å². The molecule has 7 aromatic carbocycles. The fourth-order valence-corrected chi connectivity index (χ4v) is 10.0. The number of rotatable bonds is 9. The standard InChI is InChI=1S/C62H62N4O/c1-59(2,3)44-32-33-63-57(37-44)66-53-29-18-17-28-51(53)58-52(60(4,5)6)39-50(40-56(58)66)67-49-27-21-26-47(38-49)64-41-65(55-31-20-19-30-54(55)64)48-35-45(61(7,8)42-22-13-11-14-23-42)34-46(36-48)62(9,10)43-24-15-12-16-25-43/h11-40H,41H2,1-10H3. The zero-order valence-corrected chi connectivity index (χ0v) is 40.7. The molecule has 0 atom stereocenters. The van der Waals surface area contributed by atoms with Gasteiger partial charge in [-0.05, 0) is 105 Å². The SMILES string of the molecule is CC(C)(C)c1ccnc(-n2c3ccccc3c3c(C(C)(C)C)cc(Oc4cccc(N5CN(c6cc(C(C)(C)c7ccccc7)cc(C(C)(C)c7ccccc7)c6)c6ccccc65)c4)cc32)c1. The Balaban J connectivity index is 1.05. The second-order valence-corrected chi connectivity index (χ2v) is 21.5. The van der Waals surface area contributed by atoms with E-state index in [1.807, 2.05) is 6.20 Å². The van der Waals surface area contributed by atoms with Gasteiger partial charge in [0, 0.05) is 51.3 Å². The van der Waals surface area contributed by atoms with Crippen molar-refractivity contribution in [2.45, 2.75) is 90.9 Å². The molecule has 0 N–H and O–H groups in total. The number of para-hydroxylation sites is 3. The molecule has 336 valence electrons.